The Hall–Kier alpha value is -1.49. The Kier molecular flexibility index (Phi) is 2.99. The molecule has 0 radical (unpaired) electrons. The van der Waals surface area contributed by atoms with Gasteiger partial charge in [0.2, 0.25) is 0 Å². The maximum Gasteiger partial charge on any atom is 0.254 e. The summed E-state index contributed by atoms with van der Waals surface area (Å²) < 4.78 is 2.00. The van der Waals surface area contributed by atoms with E-state index < -0.39 is 0 Å². The lowest BCUT2D eigenvalue weighted by molar-refractivity contribution is 0.356. The van der Waals surface area contributed by atoms with Crippen molar-refractivity contribution in [3.63, 3.8) is 0 Å². The zero-order valence-corrected chi connectivity index (χ0v) is 10.5. The molecule has 5 nitrogen and oxygen atoms in total. The molecule has 0 atom stereocenters. The molecular formula is C13H19N5. The second kappa shape index (κ2) is 4.65. The van der Waals surface area contributed by atoms with Crippen molar-refractivity contribution in [1.29, 1.82) is 0 Å². The van der Waals surface area contributed by atoms with Gasteiger partial charge >= 0.3 is 0 Å². The second-order valence-electron chi connectivity index (χ2n) is 5.21. The van der Waals surface area contributed by atoms with Gasteiger partial charge in [0, 0.05) is 24.4 Å². The van der Waals surface area contributed by atoms with Crippen LogP contribution in [0.3, 0.4) is 0 Å². The van der Waals surface area contributed by atoms with Crippen molar-refractivity contribution < 1.29 is 0 Å². The molecule has 5 heteroatoms. The Morgan fingerprint density at radius 2 is 1.94 bits per heavy atom. The van der Waals surface area contributed by atoms with Gasteiger partial charge in [-0.05, 0) is 18.9 Å². The number of nitrogens with two attached hydrogens (primary N) is 1. The van der Waals surface area contributed by atoms with Crippen LogP contribution in [0.5, 0.6) is 0 Å². The number of rotatable bonds is 2. The first-order valence-electron chi connectivity index (χ1n) is 6.72. The van der Waals surface area contributed by atoms with Crippen molar-refractivity contribution in [3.05, 3.63) is 24.3 Å². The van der Waals surface area contributed by atoms with Gasteiger partial charge in [-0.15, -0.1) is 10.2 Å². The average molecular weight is 245 g/mol. The molecule has 0 saturated heterocycles. The number of fused-ring (bicyclic) bond motifs is 1. The van der Waals surface area contributed by atoms with E-state index in [1.807, 2.05) is 16.7 Å². The molecule has 1 aliphatic rings. The van der Waals surface area contributed by atoms with Gasteiger partial charge in [0.05, 0.1) is 0 Å². The number of aromatic nitrogens is 4. The highest BCUT2D eigenvalue weighted by molar-refractivity contribution is 5.29. The fourth-order valence-corrected chi connectivity index (χ4v) is 3.03. The van der Waals surface area contributed by atoms with Gasteiger partial charge in [-0.25, -0.2) is 4.98 Å². The van der Waals surface area contributed by atoms with Crippen molar-refractivity contribution in [3.8, 4) is 0 Å². The molecule has 0 spiro atoms. The van der Waals surface area contributed by atoms with Crippen LogP contribution in [-0.4, -0.2) is 26.1 Å². The third kappa shape index (κ3) is 1.79. The Labute approximate surface area is 106 Å². The van der Waals surface area contributed by atoms with E-state index in [0.29, 0.717) is 12.3 Å². The van der Waals surface area contributed by atoms with Crippen molar-refractivity contribution >= 4 is 5.78 Å². The maximum absolute atomic E-state index is 6.09. The molecular weight excluding hydrogens is 226 g/mol. The van der Waals surface area contributed by atoms with Crippen LogP contribution in [0.15, 0.2) is 18.5 Å². The fourth-order valence-electron chi connectivity index (χ4n) is 3.03. The van der Waals surface area contributed by atoms with E-state index in [0.717, 1.165) is 18.7 Å². The van der Waals surface area contributed by atoms with E-state index in [-0.39, 0.29) is 5.41 Å². The molecule has 2 aromatic heterocycles. The van der Waals surface area contributed by atoms with Crippen molar-refractivity contribution in [2.75, 3.05) is 6.54 Å². The standard InChI is InChI=1S/C13H19N5/c14-10-13(6-3-1-2-4-7-13)11-16-17-12-15-8-5-9-18(11)12/h5,8-9H,1-4,6-7,10,14H2. The first-order valence-corrected chi connectivity index (χ1v) is 6.72. The largest absolute Gasteiger partial charge is 0.329 e. The van der Waals surface area contributed by atoms with Gasteiger partial charge < -0.3 is 5.73 Å². The lowest BCUT2D eigenvalue weighted by atomic mass is 9.79. The molecule has 1 saturated carbocycles. The molecule has 0 unspecified atom stereocenters. The van der Waals surface area contributed by atoms with E-state index in [1.54, 1.807) is 6.20 Å². The quantitative estimate of drug-likeness (QED) is 0.817. The Morgan fingerprint density at radius 3 is 2.67 bits per heavy atom. The summed E-state index contributed by atoms with van der Waals surface area (Å²) in [6.07, 6.45) is 11.0. The molecule has 0 aliphatic heterocycles. The normalized spacial score (nSPS) is 19.8. The highest BCUT2D eigenvalue weighted by atomic mass is 15.3. The van der Waals surface area contributed by atoms with Crippen LogP contribution < -0.4 is 5.73 Å². The van der Waals surface area contributed by atoms with Gasteiger partial charge in [-0.3, -0.25) is 4.40 Å². The van der Waals surface area contributed by atoms with Gasteiger partial charge in [-0.2, -0.15) is 0 Å². The molecule has 1 fully saturated rings. The van der Waals surface area contributed by atoms with Crippen LogP contribution in [0.4, 0.5) is 0 Å². The average Bonchev–Trinajstić information content (AvgIpc) is 2.70. The number of nitrogens with zero attached hydrogens (tertiary/aromatic N) is 4. The van der Waals surface area contributed by atoms with Crippen LogP contribution in [0, 0.1) is 0 Å². The lowest BCUT2D eigenvalue weighted by Crippen LogP contribution is -2.36. The minimum absolute atomic E-state index is 0.0149. The van der Waals surface area contributed by atoms with Gasteiger partial charge in [0.1, 0.15) is 5.82 Å². The highest BCUT2D eigenvalue weighted by Gasteiger charge is 2.35. The minimum atomic E-state index is -0.0149. The Bertz CT molecular complexity index is 525. The van der Waals surface area contributed by atoms with Gasteiger partial charge in [-0.1, -0.05) is 25.7 Å². The summed E-state index contributed by atoms with van der Waals surface area (Å²) in [5.41, 5.74) is 6.07. The molecule has 0 bridgehead atoms. The van der Waals surface area contributed by atoms with E-state index in [1.165, 1.54) is 25.7 Å². The first kappa shape index (κ1) is 11.6. The molecule has 2 N–H and O–H groups in total. The zero-order chi connectivity index (χ0) is 12.4. The summed E-state index contributed by atoms with van der Waals surface area (Å²) in [4.78, 5) is 4.23. The molecule has 96 valence electrons. The predicted molar refractivity (Wildman–Crippen MR) is 69.2 cm³/mol. The Morgan fingerprint density at radius 1 is 1.17 bits per heavy atom. The summed E-state index contributed by atoms with van der Waals surface area (Å²) in [5, 5.41) is 8.54. The first-order chi connectivity index (χ1) is 8.86. The number of hydrogen-bond donors (Lipinski definition) is 1. The molecule has 0 aromatic carbocycles. The zero-order valence-electron chi connectivity index (χ0n) is 10.5. The third-order valence-electron chi connectivity index (χ3n) is 4.11. The molecule has 2 aromatic rings. The van der Waals surface area contributed by atoms with Crippen molar-refractivity contribution in [2.45, 2.75) is 43.9 Å². The summed E-state index contributed by atoms with van der Waals surface area (Å²) in [6, 6.07) is 1.92. The van der Waals surface area contributed by atoms with E-state index in [9.17, 15) is 0 Å². The van der Waals surface area contributed by atoms with E-state index >= 15 is 0 Å². The van der Waals surface area contributed by atoms with Gasteiger partial charge in [0.25, 0.3) is 5.78 Å². The minimum Gasteiger partial charge on any atom is -0.329 e. The maximum atomic E-state index is 6.09. The van der Waals surface area contributed by atoms with E-state index in [4.69, 9.17) is 5.73 Å². The molecule has 1 aliphatic carbocycles. The SMILES string of the molecule is NCC1(c2nnc3ncccn23)CCCCCC1. The van der Waals surface area contributed by atoms with Crippen molar-refractivity contribution in [1.82, 2.24) is 19.6 Å². The predicted octanol–water partition coefficient (Wildman–Crippen LogP) is 1.67. The fraction of sp³-hybridized carbons (Fsp3) is 0.615. The highest BCUT2D eigenvalue weighted by Crippen LogP contribution is 2.36. The number of hydrogen-bond acceptors (Lipinski definition) is 4. The van der Waals surface area contributed by atoms with E-state index in [2.05, 4.69) is 15.2 Å². The molecule has 18 heavy (non-hydrogen) atoms. The van der Waals surface area contributed by atoms with Gasteiger partial charge in [0.15, 0.2) is 0 Å². The molecule has 2 heterocycles. The second-order valence-corrected chi connectivity index (χ2v) is 5.21. The van der Waals surface area contributed by atoms with Crippen molar-refractivity contribution in [2.24, 2.45) is 5.73 Å². The molecule has 3 rings (SSSR count). The summed E-state index contributed by atoms with van der Waals surface area (Å²) >= 11 is 0. The smallest absolute Gasteiger partial charge is 0.254 e. The Balaban J connectivity index is 2.09. The summed E-state index contributed by atoms with van der Waals surface area (Å²) in [7, 11) is 0. The summed E-state index contributed by atoms with van der Waals surface area (Å²) in [5.74, 6) is 1.67. The van der Waals surface area contributed by atoms with Crippen LogP contribution in [0.1, 0.15) is 44.3 Å². The van der Waals surface area contributed by atoms with Crippen LogP contribution >= 0.6 is 0 Å². The summed E-state index contributed by atoms with van der Waals surface area (Å²) in [6.45, 7) is 0.642. The van der Waals surface area contributed by atoms with Crippen LogP contribution in [-0.2, 0) is 5.41 Å². The third-order valence-corrected chi connectivity index (χ3v) is 4.11. The lowest BCUT2D eigenvalue weighted by Gasteiger charge is -2.29. The van der Waals surface area contributed by atoms with Crippen LogP contribution in [0.2, 0.25) is 0 Å². The monoisotopic (exact) mass is 245 g/mol. The van der Waals surface area contributed by atoms with Crippen LogP contribution in [0.25, 0.3) is 5.78 Å². The topological polar surface area (TPSA) is 69.1 Å². The molecule has 0 amide bonds.